The molecule has 2 aliphatic rings. The van der Waals surface area contributed by atoms with Gasteiger partial charge in [-0.05, 0) is 56.0 Å². The Bertz CT molecular complexity index is 1450. The zero-order valence-electron chi connectivity index (χ0n) is 23.2. The molecule has 1 aromatic carbocycles. The van der Waals surface area contributed by atoms with Crippen molar-refractivity contribution in [2.45, 2.75) is 57.8 Å². The highest BCUT2D eigenvalue weighted by Crippen LogP contribution is 2.39. The minimum atomic E-state index is -0.766. The molecule has 1 amide bonds. The van der Waals surface area contributed by atoms with Crippen LogP contribution in [0.1, 0.15) is 62.2 Å². The van der Waals surface area contributed by atoms with Crippen LogP contribution in [-0.4, -0.2) is 65.3 Å². The van der Waals surface area contributed by atoms with E-state index < -0.39 is 11.1 Å². The van der Waals surface area contributed by atoms with E-state index >= 15 is 0 Å². The molecule has 0 saturated carbocycles. The van der Waals surface area contributed by atoms with E-state index in [1.807, 2.05) is 45.9 Å². The molecule has 0 spiro atoms. The van der Waals surface area contributed by atoms with Crippen LogP contribution in [0.15, 0.2) is 36.5 Å². The number of carbonyl (C=O) groups excluding carboxylic acids is 2. The van der Waals surface area contributed by atoms with Crippen molar-refractivity contribution in [2.75, 3.05) is 32.1 Å². The van der Waals surface area contributed by atoms with Crippen molar-refractivity contribution in [3.05, 3.63) is 53.3 Å². The number of hydrogen-bond donors (Lipinski definition) is 2. The minimum Gasteiger partial charge on any atom is -0.486 e. The number of anilines is 2. The number of methoxy groups -OCH3 is 1. The fourth-order valence-corrected chi connectivity index (χ4v) is 5.10. The van der Waals surface area contributed by atoms with Crippen LogP contribution in [0.3, 0.4) is 0 Å². The molecule has 0 radical (unpaired) electrons. The second-order valence-corrected chi connectivity index (χ2v) is 11.2. The Kier molecular flexibility index (Phi) is 6.72. The number of carbonyl (C=O) groups is 2. The van der Waals surface area contributed by atoms with E-state index in [1.54, 1.807) is 37.3 Å². The zero-order valence-corrected chi connectivity index (χ0v) is 23.2. The quantitative estimate of drug-likeness (QED) is 0.435. The average Bonchev–Trinajstić information content (AvgIpc) is 2.83. The SMILES string of the molecule is COCC(C)(N)c1ccc(OC2CN(C(C)=O)C2)c2cnc(Nc3ccc4c(n3)[C@@H](C)C(C)(C)OC4=O)cc12. The number of aromatic nitrogens is 2. The van der Waals surface area contributed by atoms with Crippen molar-refractivity contribution in [2.24, 2.45) is 5.73 Å². The summed E-state index contributed by atoms with van der Waals surface area (Å²) in [6.45, 7) is 10.7. The minimum absolute atomic E-state index is 0.0385. The number of benzene rings is 1. The Morgan fingerprint density at radius 2 is 1.97 bits per heavy atom. The summed E-state index contributed by atoms with van der Waals surface area (Å²) in [6.07, 6.45) is 1.67. The van der Waals surface area contributed by atoms with Crippen molar-refractivity contribution >= 4 is 34.3 Å². The third kappa shape index (κ3) is 5.02. The van der Waals surface area contributed by atoms with Crippen molar-refractivity contribution < 1.29 is 23.8 Å². The van der Waals surface area contributed by atoms with E-state index in [-0.39, 0.29) is 23.9 Å². The Morgan fingerprint density at radius 1 is 1.23 bits per heavy atom. The molecule has 2 atom stereocenters. The van der Waals surface area contributed by atoms with E-state index in [4.69, 9.17) is 24.9 Å². The third-order valence-electron chi connectivity index (χ3n) is 7.72. The van der Waals surface area contributed by atoms with Gasteiger partial charge < -0.3 is 30.2 Å². The number of hydrogen-bond acceptors (Lipinski definition) is 9. The summed E-state index contributed by atoms with van der Waals surface area (Å²) in [5, 5.41) is 4.96. The number of amides is 1. The summed E-state index contributed by atoms with van der Waals surface area (Å²) in [5.41, 5.74) is 7.30. The van der Waals surface area contributed by atoms with Crippen molar-refractivity contribution in [3.8, 4) is 5.75 Å². The van der Waals surface area contributed by atoms with E-state index in [1.165, 1.54) is 0 Å². The van der Waals surface area contributed by atoms with Gasteiger partial charge in [-0.3, -0.25) is 4.79 Å². The summed E-state index contributed by atoms with van der Waals surface area (Å²) in [5.74, 6) is 1.40. The number of rotatable bonds is 7. The second-order valence-electron chi connectivity index (χ2n) is 11.2. The maximum absolute atomic E-state index is 12.5. The van der Waals surface area contributed by atoms with Gasteiger partial charge in [-0.1, -0.05) is 13.0 Å². The third-order valence-corrected chi connectivity index (χ3v) is 7.72. The molecule has 2 aromatic heterocycles. The molecule has 1 fully saturated rings. The van der Waals surface area contributed by atoms with Gasteiger partial charge in [-0.25, -0.2) is 14.8 Å². The van der Waals surface area contributed by atoms with E-state index in [2.05, 4.69) is 10.3 Å². The first kappa shape index (κ1) is 26.8. The van der Waals surface area contributed by atoms with Gasteiger partial charge in [0, 0.05) is 31.5 Å². The second kappa shape index (κ2) is 9.77. The van der Waals surface area contributed by atoms with Gasteiger partial charge >= 0.3 is 5.97 Å². The largest absolute Gasteiger partial charge is 0.486 e. The Labute approximate surface area is 227 Å². The lowest BCUT2D eigenvalue weighted by molar-refractivity contribution is -0.137. The Balaban J connectivity index is 1.50. The van der Waals surface area contributed by atoms with Gasteiger partial charge in [0.1, 0.15) is 29.1 Å². The predicted octanol–water partition coefficient (Wildman–Crippen LogP) is 3.86. The molecule has 3 aromatic rings. The molecule has 1 saturated heterocycles. The topological polar surface area (TPSA) is 129 Å². The molecule has 3 N–H and O–H groups in total. The molecule has 206 valence electrons. The van der Waals surface area contributed by atoms with Gasteiger partial charge in [0.05, 0.1) is 36.5 Å². The van der Waals surface area contributed by atoms with Crippen LogP contribution < -0.4 is 15.8 Å². The molecular weight excluding hydrogens is 498 g/mol. The van der Waals surface area contributed by atoms with E-state index in [0.717, 1.165) is 16.3 Å². The number of nitrogens with zero attached hydrogens (tertiary/aromatic N) is 3. The van der Waals surface area contributed by atoms with Gasteiger partial charge in [0.2, 0.25) is 5.91 Å². The summed E-state index contributed by atoms with van der Waals surface area (Å²) < 4.78 is 17.2. The van der Waals surface area contributed by atoms with Gasteiger partial charge in [-0.2, -0.15) is 0 Å². The molecule has 0 aliphatic carbocycles. The van der Waals surface area contributed by atoms with Crippen LogP contribution in [0.4, 0.5) is 11.6 Å². The molecular formula is C29H35N5O5. The standard InChI is InChI=1S/C29H35N5O5/c1-16-26-19(27(36)39-28(16,3)4)7-10-24(33-26)32-25-11-20-21(12-31-25)23(38-18-13-34(14-18)17(2)35)9-8-22(20)29(5,30)15-37-6/h7-12,16,18H,13-15,30H2,1-6H3,(H,31,32,33)/t16-,29?/m1/s1. The Hall–Kier alpha value is -3.76. The molecule has 2 aliphatic heterocycles. The van der Waals surface area contributed by atoms with Crippen LogP contribution in [-0.2, 0) is 19.8 Å². The predicted molar refractivity (Wildman–Crippen MR) is 147 cm³/mol. The fraction of sp³-hybridized carbons (Fsp3) is 0.448. The Morgan fingerprint density at radius 3 is 2.67 bits per heavy atom. The molecule has 10 heteroatoms. The lowest BCUT2D eigenvalue weighted by Gasteiger charge is -2.38. The van der Waals surface area contributed by atoms with Gasteiger partial charge in [-0.15, -0.1) is 0 Å². The zero-order chi connectivity index (χ0) is 28.1. The number of esters is 1. The number of likely N-dealkylation sites (tertiary alicyclic amines) is 1. The van der Waals surface area contributed by atoms with Crippen molar-refractivity contribution in [1.82, 2.24) is 14.9 Å². The van der Waals surface area contributed by atoms with Crippen LogP contribution >= 0.6 is 0 Å². The average molecular weight is 534 g/mol. The van der Waals surface area contributed by atoms with Gasteiger partial charge in [0.25, 0.3) is 0 Å². The maximum Gasteiger partial charge on any atom is 0.340 e. The van der Waals surface area contributed by atoms with Crippen LogP contribution in [0.2, 0.25) is 0 Å². The summed E-state index contributed by atoms with van der Waals surface area (Å²) in [6, 6.07) is 9.25. The number of nitrogens with one attached hydrogen (secondary N) is 1. The van der Waals surface area contributed by atoms with E-state index in [0.29, 0.717) is 48.3 Å². The van der Waals surface area contributed by atoms with Gasteiger partial charge in [0.15, 0.2) is 0 Å². The molecule has 39 heavy (non-hydrogen) atoms. The van der Waals surface area contributed by atoms with Crippen LogP contribution in [0, 0.1) is 0 Å². The number of pyridine rings is 2. The molecule has 5 rings (SSSR count). The maximum atomic E-state index is 12.5. The molecule has 4 heterocycles. The summed E-state index contributed by atoms with van der Waals surface area (Å²) in [4.78, 5) is 35.2. The highest BCUT2D eigenvalue weighted by molar-refractivity contribution is 5.94. The van der Waals surface area contributed by atoms with Crippen LogP contribution in [0.5, 0.6) is 5.75 Å². The fourth-order valence-electron chi connectivity index (χ4n) is 5.10. The molecule has 1 unspecified atom stereocenters. The lowest BCUT2D eigenvalue weighted by Crippen LogP contribution is -2.55. The van der Waals surface area contributed by atoms with E-state index in [9.17, 15) is 9.59 Å². The number of cyclic esters (lactones) is 1. The first-order valence-corrected chi connectivity index (χ1v) is 13.0. The van der Waals surface area contributed by atoms with Crippen LogP contribution in [0.25, 0.3) is 10.8 Å². The van der Waals surface area contributed by atoms with Crippen molar-refractivity contribution in [3.63, 3.8) is 0 Å². The normalized spacial score (nSPS) is 20.0. The number of fused-ring (bicyclic) bond motifs is 2. The molecule has 0 bridgehead atoms. The number of nitrogens with two attached hydrogens (primary N) is 1. The first-order valence-electron chi connectivity index (χ1n) is 13.0. The highest BCUT2D eigenvalue weighted by atomic mass is 16.6. The summed E-state index contributed by atoms with van der Waals surface area (Å²) >= 11 is 0. The lowest BCUT2D eigenvalue weighted by atomic mass is 9.84. The number of ether oxygens (including phenoxy) is 3. The first-order chi connectivity index (χ1) is 18.4. The smallest absolute Gasteiger partial charge is 0.340 e. The monoisotopic (exact) mass is 533 g/mol. The molecule has 10 nitrogen and oxygen atoms in total. The summed E-state index contributed by atoms with van der Waals surface area (Å²) in [7, 11) is 1.62. The highest BCUT2D eigenvalue weighted by Gasteiger charge is 2.40. The van der Waals surface area contributed by atoms with Crippen molar-refractivity contribution in [1.29, 1.82) is 0 Å².